The van der Waals surface area contributed by atoms with Crippen LogP contribution in [0.2, 0.25) is 0 Å². The summed E-state index contributed by atoms with van der Waals surface area (Å²) >= 11 is 3.37. The van der Waals surface area contributed by atoms with E-state index in [4.69, 9.17) is 9.47 Å². The van der Waals surface area contributed by atoms with E-state index in [1.807, 2.05) is 36.4 Å². The topological polar surface area (TPSA) is 64.6 Å². The monoisotopic (exact) mass is 407 g/mol. The summed E-state index contributed by atoms with van der Waals surface area (Å²) in [4.78, 5) is 25.1. The Bertz CT molecular complexity index is 637. The highest BCUT2D eigenvalue weighted by Gasteiger charge is 2.35. The maximum absolute atomic E-state index is 12.6. The zero-order valence-electron chi connectivity index (χ0n) is 13.9. The molecule has 0 bridgehead atoms. The first kappa shape index (κ1) is 18.1. The van der Waals surface area contributed by atoms with Crippen molar-refractivity contribution in [3.05, 3.63) is 40.9 Å². The van der Waals surface area contributed by atoms with Gasteiger partial charge in [0, 0.05) is 16.8 Å². The molecule has 1 aliphatic carbocycles. The molecule has 1 aromatic carbocycles. The van der Waals surface area contributed by atoms with Crippen LogP contribution in [0, 0.1) is 11.8 Å². The van der Waals surface area contributed by atoms with Gasteiger partial charge in [-0.05, 0) is 49.9 Å². The molecule has 5 nitrogen and oxygen atoms in total. The van der Waals surface area contributed by atoms with Crippen LogP contribution < -0.4 is 5.32 Å². The maximum Gasteiger partial charge on any atom is 0.310 e. The SMILES string of the molecule is O=C(OC[C@H]1CCCO1)[C@H]1CC=CC[C@H]1C(=O)Nc1ccc(Br)cc1. The van der Waals surface area contributed by atoms with Crippen molar-refractivity contribution < 1.29 is 19.1 Å². The van der Waals surface area contributed by atoms with Crippen molar-refractivity contribution in [3.63, 3.8) is 0 Å². The van der Waals surface area contributed by atoms with Crippen LogP contribution in [0.1, 0.15) is 25.7 Å². The van der Waals surface area contributed by atoms with E-state index < -0.39 is 11.8 Å². The number of rotatable bonds is 5. The average Bonchev–Trinajstić information content (AvgIpc) is 3.15. The molecule has 1 aromatic rings. The summed E-state index contributed by atoms with van der Waals surface area (Å²) in [6, 6.07) is 7.38. The van der Waals surface area contributed by atoms with E-state index in [0.29, 0.717) is 18.5 Å². The molecule has 134 valence electrons. The Labute approximate surface area is 155 Å². The smallest absolute Gasteiger partial charge is 0.310 e. The number of carbonyl (C=O) groups excluding carboxylic acids is 2. The Morgan fingerprint density at radius 1 is 1.16 bits per heavy atom. The molecule has 1 saturated heterocycles. The molecular formula is C19H22BrNO4. The van der Waals surface area contributed by atoms with E-state index in [9.17, 15) is 9.59 Å². The molecular weight excluding hydrogens is 386 g/mol. The lowest BCUT2D eigenvalue weighted by molar-refractivity contribution is -0.155. The first-order valence-electron chi connectivity index (χ1n) is 8.63. The normalized spacial score (nSPS) is 25.6. The number of hydrogen-bond donors (Lipinski definition) is 1. The van der Waals surface area contributed by atoms with E-state index in [-0.39, 0.29) is 24.6 Å². The Morgan fingerprint density at radius 3 is 2.56 bits per heavy atom. The Kier molecular flexibility index (Phi) is 6.26. The Hall–Kier alpha value is -1.66. The van der Waals surface area contributed by atoms with Gasteiger partial charge < -0.3 is 14.8 Å². The molecule has 1 aliphatic heterocycles. The average molecular weight is 408 g/mol. The lowest BCUT2D eigenvalue weighted by Gasteiger charge is -2.26. The van der Waals surface area contributed by atoms with Crippen LogP contribution in [-0.4, -0.2) is 31.2 Å². The highest BCUT2D eigenvalue weighted by molar-refractivity contribution is 9.10. The number of anilines is 1. The quantitative estimate of drug-likeness (QED) is 0.596. The fraction of sp³-hybridized carbons (Fsp3) is 0.474. The number of carbonyl (C=O) groups is 2. The summed E-state index contributed by atoms with van der Waals surface area (Å²) in [5.74, 6) is -1.31. The van der Waals surface area contributed by atoms with Gasteiger partial charge in [-0.2, -0.15) is 0 Å². The summed E-state index contributed by atoms with van der Waals surface area (Å²) in [5, 5.41) is 2.89. The number of allylic oxidation sites excluding steroid dienone is 2. The molecule has 0 aromatic heterocycles. The van der Waals surface area contributed by atoms with Gasteiger partial charge in [0.05, 0.1) is 17.9 Å². The van der Waals surface area contributed by atoms with Gasteiger partial charge in [-0.3, -0.25) is 9.59 Å². The molecule has 25 heavy (non-hydrogen) atoms. The van der Waals surface area contributed by atoms with Gasteiger partial charge in [-0.25, -0.2) is 0 Å². The minimum atomic E-state index is -0.443. The van der Waals surface area contributed by atoms with Crippen LogP contribution in [0.15, 0.2) is 40.9 Å². The van der Waals surface area contributed by atoms with Crippen LogP contribution in [0.4, 0.5) is 5.69 Å². The number of hydrogen-bond acceptors (Lipinski definition) is 4. The summed E-state index contributed by atoms with van der Waals surface area (Å²) < 4.78 is 11.9. The van der Waals surface area contributed by atoms with Crippen LogP contribution >= 0.6 is 15.9 Å². The first-order valence-corrected chi connectivity index (χ1v) is 9.42. The summed E-state index contributed by atoms with van der Waals surface area (Å²) in [6.45, 7) is 1.01. The second-order valence-electron chi connectivity index (χ2n) is 6.42. The second kappa shape index (κ2) is 8.63. The predicted octanol–water partition coefficient (Wildman–Crippen LogP) is 3.69. The number of amides is 1. The molecule has 6 heteroatoms. The molecule has 0 spiro atoms. The van der Waals surface area contributed by atoms with Crippen molar-refractivity contribution in [1.82, 2.24) is 0 Å². The summed E-state index contributed by atoms with van der Waals surface area (Å²) in [5.41, 5.74) is 0.717. The fourth-order valence-corrected chi connectivity index (χ4v) is 3.45. The van der Waals surface area contributed by atoms with E-state index in [1.165, 1.54) is 0 Å². The molecule has 1 fully saturated rings. The molecule has 3 rings (SSSR count). The van der Waals surface area contributed by atoms with Gasteiger partial charge in [0.15, 0.2) is 0 Å². The van der Waals surface area contributed by atoms with E-state index in [0.717, 1.165) is 23.9 Å². The molecule has 0 radical (unpaired) electrons. The van der Waals surface area contributed by atoms with Crippen LogP contribution in [0.3, 0.4) is 0 Å². The Morgan fingerprint density at radius 2 is 1.88 bits per heavy atom. The number of nitrogens with one attached hydrogen (secondary N) is 1. The van der Waals surface area contributed by atoms with E-state index >= 15 is 0 Å². The van der Waals surface area contributed by atoms with E-state index in [1.54, 1.807) is 0 Å². The Balaban J connectivity index is 1.59. The standard InChI is InChI=1S/C19H22BrNO4/c20-13-7-9-14(10-8-13)21-18(22)16-5-1-2-6-17(16)19(23)25-12-15-4-3-11-24-15/h1-2,7-10,15-17H,3-6,11-12H2,(H,21,22)/t15-,16-,17+/m1/s1. The third kappa shape index (κ3) is 4.92. The summed E-state index contributed by atoms with van der Waals surface area (Å²) in [7, 11) is 0. The minimum Gasteiger partial charge on any atom is -0.463 e. The minimum absolute atomic E-state index is 0.00174. The van der Waals surface area contributed by atoms with Crippen LogP contribution in [-0.2, 0) is 19.1 Å². The van der Waals surface area contributed by atoms with Gasteiger partial charge in [-0.15, -0.1) is 0 Å². The van der Waals surface area contributed by atoms with Crippen molar-refractivity contribution in [2.24, 2.45) is 11.8 Å². The number of esters is 1. The fourth-order valence-electron chi connectivity index (χ4n) is 3.19. The van der Waals surface area contributed by atoms with E-state index in [2.05, 4.69) is 21.2 Å². The van der Waals surface area contributed by atoms with Gasteiger partial charge in [0.1, 0.15) is 6.61 Å². The first-order chi connectivity index (χ1) is 12.1. The number of ether oxygens (including phenoxy) is 2. The van der Waals surface area contributed by atoms with Crippen molar-refractivity contribution in [3.8, 4) is 0 Å². The van der Waals surface area contributed by atoms with Gasteiger partial charge >= 0.3 is 5.97 Å². The molecule has 1 heterocycles. The third-order valence-corrected chi connectivity index (χ3v) is 5.15. The molecule has 1 N–H and O–H groups in total. The molecule has 0 saturated carbocycles. The van der Waals surface area contributed by atoms with Crippen molar-refractivity contribution in [1.29, 1.82) is 0 Å². The van der Waals surface area contributed by atoms with Gasteiger partial charge in [-0.1, -0.05) is 28.1 Å². The van der Waals surface area contributed by atoms with Crippen molar-refractivity contribution in [2.45, 2.75) is 31.8 Å². The second-order valence-corrected chi connectivity index (χ2v) is 7.33. The summed E-state index contributed by atoms with van der Waals surface area (Å²) in [6.07, 6.45) is 6.90. The molecule has 0 unspecified atom stereocenters. The zero-order chi connectivity index (χ0) is 17.6. The van der Waals surface area contributed by atoms with Gasteiger partial charge in [0.2, 0.25) is 5.91 Å². The highest BCUT2D eigenvalue weighted by Crippen LogP contribution is 2.29. The number of halogens is 1. The van der Waals surface area contributed by atoms with Crippen molar-refractivity contribution >= 4 is 33.5 Å². The van der Waals surface area contributed by atoms with Crippen LogP contribution in [0.25, 0.3) is 0 Å². The molecule has 3 atom stereocenters. The van der Waals surface area contributed by atoms with Crippen molar-refractivity contribution in [2.75, 3.05) is 18.5 Å². The highest BCUT2D eigenvalue weighted by atomic mass is 79.9. The molecule has 1 amide bonds. The maximum atomic E-state index is 12.6. The zero-order valence-corrected chi connectivity index (χ0v) is 15.5. The lowest BCUT2D eigenvalue weighted by atomic mass is 9.82. The third-order valence-electron chi connectivity index (χ3n) is 4.62. The largest absolute Gasteiger partial charge is 0.463 e. The van der Waals surface area contributed by atoms with Crippen LogP contribution in [0.5, 0.6) is 0 Å². The van der Waals surface area contributed by atoms with Gasteiger partial charge in [0.25, 0.3) is 0 Å². The predicted molar refractivity (Wildman–Crippen MR) is 98.1 cm³/mol. The number of benzene rings is 1. The molecule has 2 aliphatic rings. The lowest BCUT2D eigenvalue weighted by Crippen LogP contribution is -2.36.